The molecule has 32 heavy (non-hydrogen) atoms. The van der Waals surface area contributed by atoms with Crippen LogP contribution in [0.2, 0.25) is 0 Å². The van der Waals surface area contributed by atoms with Crippen LogP contribution >= 0.6 is 0 Å². The number of ketones is 1. The highest BCUT2D eigenvalue weighted by molar-refractivity contribution is 7.89. The van der Waals surface area contributed by atoms with Gasteiger partial charge in [-0.05, 0) is 50.5 Å². The number of carbonyl (C=O) groups is 2. The van der Waals surface area contributed by atoms with Crippen molar-refractivity contribution in [3.05, 3.63) is 65.4 Å². The molecule has 0 radical (unpaired) electrons. The quantitative estimate of drug-likeness (QED) is 0.447. The van der Waals surface area contributed by atoms with Crippen molar-refractivity contribution in [2.75, 3.05) is 13.1 Å². The predicted molar refractivity (Wildman–Crippen MR) is 121 cm³/mol. The van der Waals surface area contributed by atoms with Gasteiger partial charge in [-0.1, -0.05) is 30.7 Å². The number of aromatic nitrogens is 1. The standard InChI is InChI=1S/C24H26N2O5S/c1-16-10-11-18(32(29,30)26-12-6-3-7-13-26)14-20(16)24(28)31-17(2)23(27)21-15-25-22-9-5-4-8-19(21)22/h4-5,8-11,14-15,17,25H,3,6-7,12-13H2,1-2H3. The fourth-order valence-electron chi connectivity index (χ4n) is 4.01. The summed E-state index contributed by atoms with van der Waals surface area (Å²) in [6, 6.07) is 11.8. The molecule has 1 fully saturated rings. The Hall–Kier alpha value is -2.97. The summed E-state index contributed by atoms with van der Waals surface area (Å²) in [5.74, 6) is -1.05. The van der Waals surface area contributed by atoms with Crippen molar-refractivity contribution in [2.45, 2.75) is 44.1 Å². The van der Waals surface area contributed by atoms with Crippen molar-refractivity contribution in [2.24, 2.45) is 0 Å². The maximum absolute atomic E-state index is 13.0. The van der Waals surface area contributed by atoms with Gasteiger partial charge >= 0.3 is 5.97 Å². The lowest BCUT2D eigenvalue weighted by Crippen LogP contribution is -2.35. The number of aryl methyl sites for hydroxylation is 1. The van der Waals surface area contributed by atoms with Crippen molar-refractivity contribution in [3.8, 4) is 0 Å². The number of piperidine rings is 1. The van der Waals surface area contributed by atoms with E-state index < -0.39 is 22.1 Å². The van der Waals surface area contributed by atoms with E-state index in [2.05, 4.69) is 4.98 Å². The van der Waals surface area contributed by atoms with Crippen LogP contribution in [0.5, 0.6) is 0 Å². The molecule has 1 aromatic heterocycles. The van der Waals surface area contributed by atoms with E-state index in [9.17, 15) is 18.0 Å². The van der Waals surface area contributed by atoms with Crippen molar-refractivity contribution >= 4 is 32.7 Å². The van der Waals surface area contributed by atoms with E-state index in [0.717, 1.165) is 30.2 Å². The first kappa shape index (κ1) is 22.2. The summed E-state index contributed by atoms with van der Waals surface area (Å²) in [5, 5.41) is 0.756. The normalized spacial score (nSPS) is 16.1. The molecule has 1 aliphatic rings. The zero-order valence-corrected chi connectivity index (χ0v) is 18.9. The second-order valence-electron chi connectivity index (χ2n) is 8.10. The Morgan fingerprint density at radius 2 is 1.75 bits per heavy atom. The lowest BCUT2D eigenvalue weighted by Gasteiger charge is -2.26. The molecule has 0 aliphatic carbocycles. The number of rotatable bonds is 6. The first-order valence-electron chi connectivity index (χ1n) is 10.7. The molecule has 1 unspecified atom stereocenters. The monoisotopic (exact) mass is 454 g/mol. The molecular weight excluding hydrogens is 428 g/mol. The van der Waals surface area contributed by atoms with Gasteiger partial charge in [-0.3, -0.25) is 4.79 Å². The van der Waals surface area contributed by atoms with Gasteiger partial charge in [0.2, 0.25) is 15.8 Å². The molecule has 2 aromatic carbocycles. The van der Waals surface area contributed by atoms with Crippen LogP contribution in [0.4, 0.5) is 0 Å². The first-order valence-corrected chi connectivity index (χ1v) is 12.1. The van der Waals surface area contributed by atoms with Gasteiger partial charge in [0.1, 0.15) is 0 Å². The molecule has 1 atom stereocenters. The Morgan fingerprint density at radius 3 is 2.50 bits per heavy atom. The Morgan fingerprint density at radius 1 is 1.03 bits per heavy atom. The van der Waals surface area contributed by atoms with Crippen LogP contribution < -0.4 is 0 Å². The number of carbonyl (C=O) groups excluding carboxylic acids is 2. The lowest BCUT2D eigenvalue weighted by molar-refractivity contribution is 0.0318. The van der Waals surface area contributed by atoms with Gasteiger partial charge in [0.15, 0.2) is 6.10 Å². The van der Waals surface area contributed by atoms with E-state index in [4.69, 9.17) is 4.74 Å². The Labute approximate surface area is 187 Å². The number of H-pyrrole nitrogens is 1. The third kappa shape index (κ3) is 4.20. The number of ether oxygens (including phenoxy) is 1. The minimum Gasteiger partial charge on any atom is -0.451 e. The summed E-state index contributed by atoms with van der Waals surface area (Å²) in [4.78, 5) is 28.9. The minimum atomic E-state index is -3.68. The minimum absolute atomic E-state index is 0.0626. The van der Waals surface area contributed by atoms with Crippen molar-refractivity contribution in [3.63, 3.8) is 0 Å². The number of hydrogen-bond acceptors (Lipinski definition) is 5. The number of benzene rings is 2. The third-order valence-electron chi connectivity index (χ3n) is 5.89. The van der Waals surface area contributed by atoms with Gasteiger partial charge in [0, 0.05) is 35.8 Å². The van der Waals surface area contributed by atoms with Crippen molar-refractivity contribution in [1.82, 2.24) is 9.29 Å². The van der Waals surface area contributed by atoms with Crippen LogP contribution in [0.25, 0.3) is 10.9 Å². The average Bonchev–Trinajstić information content (AvgIpc) is 3.23. The molecule has 168 valence electrons. The van der Waals surface area contributed by atoms with E-state index in [1.165, 1.54) is 23.4 Å². The third-order valence-corrected chi connectivity index (χ3v) is 7.78. The molecule has 8 heteroatoms. The Kier molecular flexibility index (Phi) is 6.17. The summed E-state index contributed by atoms with van der Waals surface area (Å²) in [7, 11) is -3.68. The Balaban J connectivity index is 1.55. The predicted octanol–water partition coefficient (Wildman–Crippen LogP) is 4.08. The first-order chi connectivity index (χ1) is 15.3. The van der Waals surface area contributed by atoms with E-state index in [-0.39, 0.29) is 16.2 Å². The summed E-state index contributed by atoms with van der Waals surface area (Å²) in [5.41, 5.74) is 1.99. The lowest BCUT2D eigenvalue weighted by atomic mass is 10.1. The number of Topliss-reactive ketones (excluding diaryl/α,β-unsaturated/α-hetero) is 1. The molecule has 2 heterocycles. The summed E-state index contributed by atoms with van der Waals surface area (Å²) < 4.78 is 32.9. The van der Waals surface area contributed by atoms with E-state index in [1.807, 2.05) is 24.3 Å². The smallest absolute Gasteiger partial charge is 0.339 e. The van der Waals surface area contributed by atoms with Gasteiger partial charge < -0.3 is 9.72 Å². The highest BCUT2D eigenvalue weighted by Gasteiger charge is 2.28. The number of sulfonamides is 1. The average molecular weight is 455 g/mol. The van der Waals surface area contributed by atoms with Crippen LogP contribution in [-0.2, 0) is 14.8 Å². The maximum Gasteiger partial charge on any atom is 0.339 e. The van der Waals surface area contributed by atoms with E-state index >= 15 is 0 Å². The Bertz CT molecular complexity index is 1270. The fourth-order valence-corrected chi connectivity index (χ4v) is 5.55. The molecule has 7 nitrogen and oxygen atoms in total. The summed E-state index contributed by atoms with van der Waals surface area (Å²) in [6.07, 6.45) is 3.25. The van der Waals surface area contributed by atoms with Gasteiger partial charge in [-0.2, -0.15) is 4.31 Å². The molecule has 0 spiro atoms. The second kappa shape index (κ2) is 8.88. The topological polar surface area (TPSA) is 96.5 Å². The molecule has 0 saturated carbocycles. The SMILES string of the molecule is Cc1ccc(S(=O)(=O)N2CCCCC2)cc1C(=O)OC(C)C(=O)c1c[nH]c2ccccc12. The number of para-hydroxylation sites is 1. The van der Waals surface area contributed by atoms with Crippen molar-refractivity contribution in [1.29, 1.82) is 0 Å². The second-order valence-corrected chi connectivity index (χ2v) is 10.0. The maximum atomic E-state index is 13.0. The van der Waals surface area contributed by atoms with Gasteiger partial charge in [-0.15, -0.1) is 0 Å². The van der Waals surface area contributed by atoms with Crippen molar-refractivity contribution < 1.29 is 22.7 Å². The molecule has 0 amide bonds. The number of nitrogens with zero attached hydrogens (tertiary/aromatic N) is 1. The zero-order valence-electron chi connectivity index (χ0n) is 18.1. The van der Waals surface area contributed by atoms with Gasteiger partial charge in [0.25, 0.3) is 0 Å². The van der Waals surface area contributed by atoms with Gasteiger partial charge in [-0.25, -0.2) is 13.2 Å². The van der Waals surface area contributed by atoms with Gasteiger partial charge in [0.05, 0.1) is 10.5 Å². The zero-order chi connectivity index (χ0) is 22.9. The fraction of sp³-hybridized carbons (Fsp3) is 0.333. The molecule has 3 aromatic rings. The molecule has 1 aliphatic heterocycles. The largest absolute Gasteiger partial charge is 0.451 e. The molecule has 1 saturated heterocycles. The van der Waals surface area contributed by atoms with Crippen LogP contribution in [0.3, 0.4) is 0 Å². The number of aromatic amines is 1. The van der Waals surface area contributed by atoms with E-state index in [0.29, 0.717) is 24.2 Å². The van der Waals surface area contributed by atoms with Crippen LogP contribution in [0.15, 0.2) is 53.6 Å². The number of fused-ring (bicyclic) bond motifs is 1. The summed E-state index contributed by atoms with van der Waals surface area (Å²) >= 11 is 0. The molecule has 1 N–H and O–H groups in total. The van der Waals surface area contributed by atoms with Crippen LogP contribution in [-0.4, -0.2) is 48.7 Å². The number of hydrogen-bond donors (Lipinski definition) is 1. The molecule has 0 bridgehead atoms. The highest BCUT2D eigenvalue weighted by atomic mass is 32.2. The highest BCUT2D eigenvalue weighted by Crippen LogP contribution is 2.24. The van der Waals surface area contributed by atoms with Crippen LogP contribution in [0, 0.1) is 6.92 Å². The molecule has 4 rings (SSSR count). The summed E-state index contributed by atoms with van der Waals surface area (Å²) in [6.45, 7) is 4.18. The number of esters is 1. The van der Waals surface area contributed by atoms with Crippen LogP contribution in [0.1, 0.15) is 52.5 Å². The number of nitrogens with one attached hydrogen (secondary N) is 1. The van der Waals surface area contributed by atoms with E-state index in [1.54, 1.807) is 19.2 Å². The molecular formula is C24H26N2O5S.